The van der Waals surface area contributed by atoms with Crippen LogP contribution in [0.5, 0.6) is 0 Å². The highest BCUT2D eigenvalue weighted by Crippen LogP contribution is 2.37. The normalized spacial score (nSPS) is 23.9. The first-order valence-corrected chi connectivity index (χ1v) is 10.9. The highest BCUT2D eigenvalue weighted by Gasteiger charge is 2.40. The molecule has 29 heavy (non-hydrogen) atoms. The Hall–Kier alpha value is -2.77. The van der Waals surface area contributed by atoms with Crippen LogP contribution in [-0.2, 0) is 0 Å². The van der Waals surface area contributed by atoms with Crippen molar-refractivity contribution >= 4 is 39.3 Å². The zero-order valence-electron chi connectivity index (χ0n) is 16.2. The van der Waals surface area contributed by atoms with Crippen molar-refractivity contribution in [2.24, 2.45) is 0 Å². The quantitative estimate of drug-likeness (QED) is 0.568. The third-order valence-corrected chi connectivity index (χ3v) is 6.57. The molecule has 0 amide bonds. The summed E-state index contributed by atoms with van der Waals surface area (Å²) in [5, 5.41) is 22.9. The summed E-state index contributed by atoms with van der Waals surface area (Å²) in [6.45, 7) is 2.84. The maximum Gasteiger partial charge on any atom is 0.231 e. The number of anilines is 3. The van der Waals surface area contributed by atoms with Crippen molar-refractivity contribution in [3.63, 3.8) is 0 Å². The Bertz CT molecular complexity index is 1040. The maximum absolute atomic E-state index is 8.93. The number of nitrogens with zero attached hydrogens (tertiary/aromatic N) is 6. The van der Waals surface area contributed by atoms with Crippen LogP contribution in [0.25, 0.3) is 10.3 Å². The van der Waals surface area contributed by atoms with Crippen molar-refractivity contribution in [2.45, 2.75) is 57.2 Å². The zero-order valence-corrected chi connectivity index (χ0v) is 17.0. The van der Waals surface area contributed by atoms with Crippen molar-refractivity contribution in [2.75, 3.05) is 17.2 Å². The Balaban J connectivity index is 1.35. The van der Waals surface area contributed by atoms with Crippen molar-refractivity contribution in [1.82, 2.24) is 30.0 Å². The molecule has 0 aromatic carbocycles. The lowest BCUT2D eigenvalue weighted by Gasteiger charge is -2.39. The third kappa shape index (κ3) is 3.63. The first kappa shape index (κ1) is 18.3. The summed E-state index contributed by atoms with van der Waals surface area (Å²) in [6.07, 6.45) is 5.18. The molecular weight excluding hydrogens is 386 g/mol. The Morgan fingerprint density at radius 3 is 2.86 bits per heavy atom. The van der Waals surface area contributed by atoms with E-state index in [-0.39, 0.29) is 0 Å². The van der Waals surface area contributed by atoms with Gasteiger partial charge in [0.05, 0.1) is 11.6 Å². The van der Waals surface area contributed by atoms with E-state index in [9.17, 15) is 0 Å². The molecule has 2 fully saturated rings. The molecule has 0 spiro atoms. The van der Waals surface area contributed by atoms with Gasteiger partial charge in [-0.25, -0.2) is 4.98 Å². The number of aromatic nitrogens is 5. The van der Waals surface area contributed by atoms with Crippen LogP contribution >= 0.6 is 11.3 Å². The van der Waals surface area contributed by atoms with E-state index in [1.807, 2.05) is 13.0 Å². The molecule has 3 aromatic heterocycles. The average molecular weight is 410 g/mol. The molecule has 3 atom stereocenters. The number of aryl methyl sites for hydroxylation is 1. The van der Waals surface area contributed by atoms with Crippen molar-refractivity contribution < 1.29 is 0 Å². The molecule has 2 aliphatic rings. The smallest absolute Gasteiger partial charge is 0.231 e. The number of hydrogen-bond donors (Lipinski definition) is 3. The van der Waals surface area contributed by atoms with Crippen molar-refractivity contribution in [3.8, 4) is 6.07 Å². The molecule has 150 valence electrons. The highest BCUT2D eigenvalue weighted by atomic mass is 32.1. The lowest BCUT2D eigenvalue weighted by atomic mass is 9.97. The van der Waals surface area contributed by atoms with Gasteiger partial charge in [-0.05, 0) is 32.6 Å². The molecule has 2 bridgehead atoms. The molecular formula is C19H23N9S. The summed E-state index contributed by atoms with van der Waals surface area (Å²) < 4.78 is 0. The predicted molar refractivity (Wildman–Crippen MR) is 112 cm³/mol. The lowest BCUT2D eigenvalue weighted by Crippen LogP contribution is -2.47. The van der Waals surface area contributed by atoms with E-state index >= 15 is 0 Å². The number of nitrogens with one attached hydrogen (secondary N) is 3. The molecule has 5 heterocycles. The second-order valence-electron chi connectivity index (χ2n) is 7.81. The van der Waals surface area contributed by atoms with Crippen molar-refractivity contribution in [1.29, 1.82) is 5.26 Å². The summed E-state index contributed by atoms with van der Waals surface area (Å²) in [5.41, 5.74) is 3.60. The van der Waals surface area contributed by atoms with Crippen LogP contribution in [-0.4, -0.2) is 54.7 Å². The molecule has 1 unspecified atom stereocenters. The van der Waals surface area contributed by atoms with Crippen LogP contribution in [0.2, 0.25) is 0 Å². The summed E-state index contributed by atoms with van der Waals surface area (Å²) in [5.74, 6) is 1.99. The fraction of sp³-hybridized carbons (Fsp3) is 0.526. The average Bonchev–Trinajstić information content (AvgIpc) is 3.39. The standard InChI is InChI=1S/C19H23N9S/c1-11-7-15(27-26-11)23-19-24-17(16-18(25-19)29-10-21-16)22-12-8-13-3-4-14(9-12)28(13)6-2-5-20/h7,10,12-14H,2-4,6,8-9H2,1H3,(H3,22,23,24,25,26,27)/t12?,13-,14+. The van der Waals surface area contributed by atoms with Crippen LogP contribution < -0.4 is 10.6 Å². The SMILES string of the molecule is Cc1cc(Nc2nc(NC3C[C@H]4CC[C@@H](C3)N4CCC#N)c3ncsc3n2)n[nH]1. The predicted octanol–water partition coefficient (Wildman–Crippen LogP) is 3.18. The number of nitriles is 1. The molecule has 0 radical (unpaired) electrons. The topological polar surface area (TPSA) is 118 Å². The van der Waals surface area contributed by atoms with E-state index in [1.54, 1.807) is 5.51 Å². The van der Waals surface area contributed by atoms with Crippen molar-refractivity contribution in [3.05, 3.63) is 17.3 Å². The van der Waals surface area contributed by atoms with E-state index in [2.05, 4.69) is 41.8 Å². The first-order chi connectivity index (χ1) is 14.2. The minimum Gasteiger partial charge on any atom is -0.365 e. The van der Waals surface area contributed by atoms with Gasteiger partial charge in [-0.3, -0.25) is 10.00 Å². The van der Waals surface area contributed by atoms with Gasteiger partial charge >= 0.3 is 0 Å². The molecule has 2 aliphatic heterocycles. The first-order valence-electron chi connectivity index (χ1n) is 9.99. The summed E-state index contributed by atoms with van der Waals surface area (Å²) in [7, 11) is 0. The molecule has 3 aromatic rings. The number of fused-ring (bicyclic) bond motifs is 3. The van der Waals surface area contributed by atoms with Crippen LogP contribution in [0, 0.1) is 18.3 Å². The largest absolute Gasteiger partial charge is 0.365 e. The van der Waals surface area contributed by atoms with Gasteiger partial charge in [-0.2, -0.15) is 20.3 Å². The Kier molecular flexibility index (Phi) is 4.77. The Morgan fingerprint density at radius 1 is 1.31 bits per heavy atom. The fourth-order valence-electron chi connectivity index (χ4n) is 4.64. The van der Waals surface area contributed by atoms with E-state index in [0.29, 0.717) is 36.3 Å². The lowest BCUT2D eigenvalue weighted by molar-refractivity contribution is 0.136. The van der Waals surface area contributed by atoms with Crippen LogP contribution in [0.4, 0.5) is 17.6 Å². The molecule has 0 aliphatic carbocycles. The number of rotatable bonds is 6. The van der Waals surface area contributed by atoms with Gasteiger partial charge in [-0.15, -0.1) is 11.3 Å². The van der Waals surface area contributed by atoms with Crippen LogP contribution in [0.1, 0.15) is 37.8 Å². The molecule has 3 N–H and O–H groups in total. The molecule has 0 saturated carbocycles. The summed E-state index contributed by atoms with van der Waals surface area (Å²) in [6, 6.07) is 5.66. The third-order valence-electron chi connectivity index (χ3n) is 5.85. The second kappa shape index (κ2) is 7.57. The van der Waals surface area contributed by atoms with Gasteiger partial charge in [-0.1, -0.05) is 0 Å². The van der Waals surface area contributed by atoms with Gasteiger partial charge in [0.15, 0.2) is 16.5 Å². The molecule has 10 heteroatoms. The van der Waals surface area contributed by atoms with Crippen LogP contribution in [0.3, 0.4) is 0 Å². The number of piperidine rings is 1. The van der Waals surface area contributed by atoms with E-state index in [4.69, 9.17) is 10.2 Å². The monoisotopic (exact) mass is 409 g/mol. The number of H-pyrrole nitrogens is 1. The second-order valence-corrected chi connectivity index (χ2v) is 8.64. The zero-order chi connectivity index (χ0) is 19.8. The molecule has 9 nitrogen and oxygen atoms in total. The maximum atomic E-state index is 8.93. The van der Waals surface area contributed by atoms with Gasteiger partial charge < -0.3 is 10.6 Å². The van der Waals surface area contributed by atoms with Gasteiger partial charge in [0.2, 0.25) is 5.95 Å². The Morgan fingerprint density at radius 2 is 2.14 bits per heavy atom. The Labute approximate surface area is 172 Å². The molecule has 5 rings (SSSR count). The minimum absolute atomic E-state index is 0.353. The number of aromatic amines is 1. The fourth-order valence-corrected chi connectivity index (χ4v) is 5.30. The summed E-state index contributed by atoms with van der Waals surface area (Å²) in [4.78, 5) is 17.2. The van der Waals surface area contributed by atoms with E-state index < -0.39 is 0 Å². The van der Waals surface area contributed by atoms with E-state index in [1.165, 1.54) is 24.2 Å². The van der Waals surface area contributed by atoms with Gasteiger partial charge in [0.1, 0.15) is 5.52 Å². The van der Waals surface area contributed by atoms with E-state index in [0.717, 1.165) is 41.2 Å². The van der Waals surface area contributed by atoms with Gasteiger partial charge in [0, 0.05) is 42.9 Å². The number of hydrogen-bond acceptors (Lipinski definition) is 9. The van der Waals surface area contributed by atoms with Crippen LogP contribution in [0.15, 0.2) is 11.6 Å². The highest BCUT2D eigenvalue weighted by molar-refractivity contribution is 7.16. The summed E-state index contributed by atoms with van der Waals surface area (Å²) >= 11 is 1.51. The molecule has 2 saturated heterocycles. The number of thiazole rings is 1. The van der Waals surface area contributed by atoms with Gasteiger partial charge in [0.25, 0.3) is 0 Å². The minimum atomic E-state index is 0.353.